The zero-order chi connectivity index (χ0) is 20.3. The lowest BCUT2D eigenvalue weighted by Gasteiger charge is -2.03. The van der Waals surface area contributed by atoms with Crippen molar-refractivity contribution >= 4 is 0 Å². The molecule has 150 valence electrons. The Labute approximate surface area is 171 Å². The molecule has 5 heteroatoms. The van der Waals surface area contributed by atoms with Gasteiger partial charge < -0.3 is 13.9 Å². The molecular weight excluding hydrogens is 364 g/mol. The maximum absolute atomic E-state index is 5.84. The molecule has 0 saturated heterocycles. The molecule has 0 spiro atoms. The van der Waals surface area contributed by atoms with E-state index in [1.165, 1.54) is 0 Å². The molecule has 1 heterocycles. The molecule has 0 radical (unpaired) electrons. The highest BCUT2D eigenvalue weighted by Crippen LogP contribution is 2.26. The molecule has 0 aliphatic rings. The lowest BCUT2D eigenvalue weighted by molar-refractivity contribution is 0.362. The summed E-state index contributed by atoms with van der Waals surface area (Å²) in [4.78, 5) is 0. The summed E-state index contributed by atoms with van der Waals surface area (Å²) in [6.07, 6.45) is 10.2. The van der Waals surface area contributed by atoms with Crippen LogP contribution in [0.4, 0.5) is 0 Å². The molecule has 1 aromatic heterocycles. The van der Waals surface area contributed by atoms with Crippen molar-refractivity contribution < 1.29 is 13.9 Å². The first-order chi connectivity index (χ1) is 14.3. The standard InChI is InChI=1S/C24H26N2O3/c1-3-5-7-17-27-21-13-9-19(10-14-21)23-25-26-24(29-23)20-11-15-22(16-12-20)28-18-8-6-4-2/h5-16H,3-4,17-18H2,1-2H3/b7-5+,8-6+. The van der Waals surface area contributed by atoms with Gasteiger partial charge in [-0.25, -0.2) is 0 Å². The van der Waals surface area contributed by atoms with Crippen molar-refractivity contribution in [1.29, 1.82) is 0 Å². The number of rotatable bonds is 10. The summed E-state index contributed by atoms with van der Waals surface area (Å²) in [6.45, 7) is 5.32. The van der Waals surface area contributed by atoms with Gasteiger partial charge >= 0.3 is 0 Å². The quantitative estimate of drug-likeness (QED) is 0.392. The van der Waals surface area contributed by atoms with Crippen molar-refractivity contribution in [1.82, 2.24) is 10.2 Å². The fourth-order valence-electron chi connectivity index (χ4n) is 2.60. The van der Waals surface area contributed by atoms with Crippen molar-refractivity contribution in [2.75, 3.05) is 13.2 Å². The zero-order valence-electron chi connectivity index (χ0n) is 16.9. The second-order valence-electron chi connectivity index (χ2n) is 6.34. The molecule has 0 N–H and O–H groups in total. The molecule has 5 nitrogen and oxygen atoms in total. The summed E-state index contributed by atoms with van der Waals surface area (Å²) in [5.74, 6) is 2.56. The molecule has 3 aromatic rings. The molecule has 0 unspecified atom stereocenters. The van der Waals surface area contributed by atoms with E-state index in [4.69, 9.17) is 13.9 Å². The molecule has 0 amide bonds. The van der Waals surface area contributed by atoms with Gasteiger partial charge in [-0.2, -0.15) is 0 Å². The van der Waals surface area contributed by atoms with Gasteiger partial charge in [0.2, 0.25) is 11.8 Å². The smallest absolute Gasteiger partial charge is 0.248 e. The van der Waals surface area contributed by atoms with Gasteiger partial charge in [0.1, 0.15) is 24.7 Å². The van der Waals surface area contributed by atoms with Gasteiger partial charge in [-0.3, -0.25) is 0 Å². The van der Waals surface area contributed by atoms with Crippen molar-refractivity contribution in [2.24, 2.45) is 0 Å². The Balaban J connectivity index is 1.61. The van der Waals surface area contributed by atoms with Crippen molar-refractivity contribution in [3.63, 3.8) is 0 Å². The third-order valence-corrected chi connectivity index (χ3v) is 4.12. The van der Waals surface area contributed by atoms with E-state index in [-0.39, 0.29) is 0 Å². The Morgan fingerprint density at radius 1 is 0.655 bits per heavy atom. The van der Waals surface area contributed by atoms with Crippen LogP contribution in [0, 0.1) is 0 Å². The minimum Gasteiger partial charge on any atom is -0.490 e. The van der Waals surface area contributed by atoms with E-state index in [2.05, 4.69) is 36.2 Å². The molecule has 0 atom stereocenters. The molecule has 0 bridgehead atoms. The Bertz CT molecular complexity index is 850. The van der Waals surface area contributed by atoms with Gasteiger partial charge in [0.25, 0.3) is 0 Å². The lowest BCUT2D eigenvalue weighted by Crippen LogP contribution is -1.92. The summed E-state index contributed by atoms with van der Waals surface area (Å²) in [5, 5.41) is 8.32. The molecule has 29 heavy (non-hydrogen) atoms. The first-order valence-corrected chi connectivity index (χ1v) is 9.90. The van der Waals surface area contributed by atoms with Crippen LogP contribution in [-0.2, 0) is 0 Å². The second-order valence-corrected chi connectivity index (χ2v) is 6.34. The van der Waals surface area contributed by atoms with Crippen molar-refractivity contribution in [3.05, 3.63) is 72.8 Å². The molecule has 0 aliphatic carbocycles. The van der Waals surface area contributed by atoms with Gasteiger partial charge in [0.05, 0.1) is 0 Å². The Morgan fingerprint density at radius 3 is 1.45 bits per heavy atom. The topological polar surface area (TPSA) is 57.4 Å². The van der Waals surface area contributed by atoms with Crippen LogP contribution in [0.15, 0.2) is 77.3 Å². The molecule has 0 fully saturated rings. The van der Waals surface area contributed by atoms with E-state index >= 15 is 0 Å². The zero-order valence-corrected chi connectivity index (χ0v) is 16.9. The predicted octanol–water partition coefficient (Wildman–Crippen LogP) is 6.09. The summed E-state index contributed by atoms with van der Waals surface area (Å²) in [5.41, 5.74) is 1.70. The molecule has 2 aromatic carbocycles. The second kappa shape index (κ2) is 10.9. The SMILES string of the molecule is CC/C=C/COc1ccc(-c2nnc(-c3ccc(OC/C=C/CC)cc3)o2)cc1. The van der Waals surface area contributed by atoms with Crippen molar-refractivity contribution in [3.8, 4) is 34.4 Å². The number of hydrogen-bond donors (Lipinski definition) is 0. The van der Waals surface area contributed by atoms with Gasteiger partial charge in [0.15, 0.2) is 0 Å². The van der Waals surface area contributed by atoms with E-state index in [1.807, 2.05) is 60.7 Å². The summed E-state index contributed by atoms with van der Waals surface area (Å²) in [6, 6.07) is 15.3. The monoisotopic (exact) mass is 390 g/mol. The summed E-state index contributed by atoms with van der Waals surface area (Å²) in [7, 11) is 0. The largest absolute Gasteiger partial charge is 0.490 e. The highest BCUT2D eigenvalue weighted by Gasteiger charge is 2.11. The Kier molecular flexibility index (Phi) is 7.63. The van der Waals surface area contributed by atoms with Crippen LogP contribution in [0.25, 0.3) is 22.9 Å². The van der Waals surface area contributed by atoms with E-state index in [0.29, 0.717) is 25.0 Å². The highest BCUT2D eigenvalue weighted by molar-refractivity contribution is 5.59. The van der Waals surface area contributed by atoms with Crippen LogP contribution in [-0.4, -0.2) is 23.4 Å². The molecule has 3 rings (SSSR count). The van der Waals surface area contributed by atoms with E-state index in [9.17, 15) is 0 Å². The number of aromatic nitrogens is 2. The van der Waals surface area contributed by atoms with Gasteiger partial charge in [0, 0.05) is 11.1 Å². The van der Waals surface area contributed by atoms with Gasteiger partial charge in [-0.15, -0.1) is 10.2 Å². The van der Waals surface area contributed by atoms with Gasteiger partial charge in [-0.1, -0.05) is 38.2 Å². The minimum atomic E-state index is 0.474. The molecule has 0 saturated carbocycles. The number of allylic oxidation sites excluding steroid dienone is 2. The number of nitrogens with zero attached hydrogens (tertiary/aromatic N) is 2. The Hall–Kier alpha value is -3.34. The first-order valence-electron chi connectivity index (χ1n) is 9.90. The average Bonchev–Trinajstić information content (AvgIpc) is 3.25. The molecule has 0 aliphatic heterocycles. The maximum atomic E-state index is 5.84. The van der Waals surface area contributed by atoms with Crippen LogP contribution in [0.5, 0.6) is 11.5 Å². The van der Waals surface area contributed by atoms with Crippen LogP contribution in [0.1, 0.15) is 26.7 Å². The normalized spacial score (nSPS) is 11.4. The highest BCUT2D eigenvalue weighted by atomic mass is 16.5. The third kappa shape index (κ3) is 6.07. The van der Waals surface area contributed by atoms with E-state index in [0.717, 1.165) is 35.5 Å². The van der Waals surface area contributed by atoms with Crippen LogP contribution in [0.2, 0.25) is 0 Å². The van der Waals surface area contributed by atoms with Crippen LogP contribution in [0.3, 0.4) is 0 Å². The third-order valence-electron chi connectivity index (χ3n) is 4.12. The number of hydrogen-bond acceptors (Lipinski definition) is 5. The van der Waals surface area contributed by atoms with E-state index < -0.39 is 0 Å². The maximum Gasteiger partial charge on any atom is 0.248 e. The first kappa shape index (κ1) is 20.4. The summed E-state index contributed by atoms with van der Waals surface area (Å²) >= 11 is 0. The Morgan fingerprint density at radius 2 is 1.07 bits per heavy atom. The fourth-order valence-corrected chi connectivity index (χ4v) is 2.60. The van der Waals surface area contributed by atoms with Crippen LogP contribution >= 0.6 is 0 Å². The predicted molar refractivity (Wildman–Crippen MR) is 115 cm³/mol. The number of ether oxygens (including phenoxy) is 2. The van der Waals surface area contributed by atoms with Crippen molar-refractivity contribution in [2.45, 2.75) is 26.7 Å². The average molecular weight is 390 g/mol. The van der Waals surface area contributed by atoms with Crippen LogP contribution < -0.4 is 9.47 Å². The number of benzene rings is 2. The summed E-state index contributed by atoms with van der Waals surface area (Å²) < 4.78 is 17.1. The fraction of sp³-hybridized carbons (Fsp3) is 0.250. The minimum absolute atomic E-state index is 0.474. The van der Waals surface area contributed by atoms with E-state index in [1.54, 1.807) is 0 Å². The molecular formula is C24H26N2O3. The van der Waals surface area contributed by atoms with Gasteiger partial charge in [-0.05, 0) is 61.4 Å². The lowest BCUT2D eigenvalue weighted by atomic mass is 10.2.